The molecule has 1 aromatic heterocycles. The van der Waals surface area contributed by atoms with Crippen LogP contribution in [0.1, 0.15) is 46.0 Å². The number of halogens is 1. The number of rotatable bonds is 7. The topological polar surface area (TPSA) is 46.9 Å². The van der Waals surface area contributed by atoms with Crippen LogP contribution in [0.5, 0.6) is 0 Å². The van der Waals surface area contributed by atoms with Crippen LogP contribution in [0.2, 0.25) is 5.02 Å². The van der Waals surface area contributed by atoms with Crippen LogP contribution in [0.15, 0.2) is 11.0 Å². The zero-order valence-electron chi connectivity index (χ0n) is 11.4. The van der Waals surface area contributed by atoms with Crippen LogP contribution in [-0.2, 0) is 7.05 Å². The van der Waals surface area contributed by atoms with Crippen molar-refractivity contribution in [2.75, 3.05) is 5.32 Å². The Morgan fingerprint density at radius 2 is 2.17 bits per heavy atom. The van der Waals surface area contributed by atoms with Gasteiger partial charge >= 0.3 is 0 Å². The Labute approximate surface area is 113 Å². The lowest BCUT2D eigenvalue weighted by Crippen LogP contribution is -2.23. The molecule has 5 heteroatoms. The van der Waals surface area contributed by atoms with E-state index in [1.54, 1.807) is 13.2 Å². The van der Waals surface area contributed by atoms with Gasteiger partial charge in [0.2, 0.25) is 0 Å². The number of nitrogens with zero attached hydrogens (tertiary/aromatic N) is 2. The van der Waals surface area contributed by atoms with Crippen molar-refractivity contribution in [3.63, 3.8) is 0 Å². The van der Waals surface area contributed by atoms with Crippen molar-refractivity contribution < 1.29 is 0 Å². The van der Waals surface area contributed by atoms with Gasteiger partial charge in [-0.2, -0.15) is 5.10 Å². The molecule has 0 fully saturated rings. The number of nitrogens with one attached hydrogen (secondary N) is 1. The van der Waals surface area contributed by atoms with Gasteiger partial charge in [0.05, 0.1) is 11.9 Å². The Balaban J connectivity index is 2.52. The summed E-state index contributed by atoms with van der Waals surface area (Å²) >= 11 is 5.99. The highest BCUT2D eigenvalue weighted by atomic mass is 35.5. The minimum atomic E-state index is -0.264. The van der Waals surface area contributed by atoms with E-state index in [4.69, 9.17) is 11.6 Å². The molecule has 102 valence electrons. The van der Waals surface area contributed by atoms with E-state index < -0.39 is 0 Å². The molecule has 0 aliphatic carbocycles. The molecule has 0 aliphatic rings. The van der Waals surface area contributed by atoms with Crippen molar-refractivity contribution in [1.82, 2.24) is 9.78 Å². The summed E-state index contributed by atoms with van der Waals surface area (Å²) < 4.78 is 1.24. The first-order valence-corrected chi connectivity index (χ1v) is 6.92. The number of unbranched alkanes of at least 4 members (excludes halogenated alkanes) is 3. The lowest BCUT2D eigenvalue weighted by molar-refractivity contribution is 0.593. The molecule has 0 spiro atoms. The summed E-state index contributed by atoms with van der Waals surface area (Å²) in [6.45, 7) is 4.30. The van der Waals surface area contributed by atoms with Gasteiger partial charge in [-0.3, -0.25) is 4.79 Å². The Hall–Kier alpha value is -1.03. The minimum absolute atomic E-state index is 0.216. The Morgan fingerprint density at radius 3 is 2.83 bits per heavy atom. The summed E-state index contributed by atoms with van der Waals surface area (Å²) in [6, 6.07) is 0.299. The minimum Gasteiger partial charge on any atom is -0.380 e. The number of aromatic nitrogens is 2. The standard InChI is InChI=1S/C13H22ClN3O/c1-4-5-6-7-8-10(2)16-11-9-15-17(3)13(18)12(11)14/h9-10,16H,4-8H2,1-3H3. The van der Waals surface area contributed by atoms with E-state index in [9.17, 15) is 4.79 Å². The van der Waals surface area contributed by atoms with Gasteiger partial charge in [0, 0.05) is 13.1 Å². The van der Waals surface area contributed by atoms with Crippen LogP contribution in [-0.4, -0.2) is 15.8 Å². The molecule has 0 amide bonds. The van der Waals surface area contributed by atoms with Crippen molar-refractivity contribution in [2.24, 2.45) is 7.05 Å². The van der Waals surface area contributed by atoms with Crippen molar-refractivity contribution in [1.29, 1.82) is 0 Å². The van der Waals surface area contributed by atoms with E-state index in [0.29, 0.717) is 11.7 Å². The SMILES string of the molecule is CCCCCCC(C)Nc1cnn(C)c(=O)c1Cl. The summed E-state index contributed by atoms with van der Waals surface area (Å²) in [6.07, 6.45) is 7.65. The summed E-state index contributed by atoms with van der Waals surface area (Å²) in [4.78, 5) is 11.6. The average Bonchev–Trinajstić information content (AvgIpc) is 2.35. The van der Waals surface area contributed by atoms with Gasteiger partial charge in [0.1, 0.15) is 5.02 Å². The summed E-state index contributed by atoms with van der Waals surface area (Å²) in [5.74, 6) is 0. The molecule has 0 aromatic carbocycles. The molecule has 1 aromatic rings. The van der Waals surface area contributed by atoms with Gasteiger partial charge in [-0.05, 0) is 13.3 Å². The van der Waals surface area contributed by atoms with E-state index in [-0.39, 0.29) is 10.6 Å². The number of hydrogen-bond acceptors (Lipinski definition) is 3. The van der Waals surface area contributed by atoms with Gasteiger partial charge in [0.25, 0.3) is 5.56 Å². The zero-order valence-corrected chi connectivity index (χ0v) is 12.1. The third-order valence-electron chi connectivity index (χ3n) is 2.97. The maximum atomic E-state index is 11.6. The number of hydrogen-bond donors (Lipinski definition) is 1. The molecule has 1 heterocycles. The van der Waals surface area contributed by atoms with E-state index in [1.807, 2.05) is 0 Å². The molecule has 4 nitrogen and oxygen atoms in total. The van der Waals surface area contributed by atoms with Crippen molar-refractivity contribution >= 4 is 17.3 Å². The predicted octanol–water partition coefficient (Wildman–Crippen LogP) is 3.20. The Bertz CT molecular complexity index is 431. The molecule has 0 saturated heterocycles. The van der Waals surface area contributed by atoms with Crippen LogP contribution < -0.4 is 10.9 Å². The third kappa shape index (κ3) is 4.33. The van der Waals surface area contributed by atoms with Crippen LogP contribution in [0.25, 0.3) is 0 Å². The number of anilines is 1. The second-order valence-electron chi connectivity index (χ2n) is 4.70. The summed E-state index contributed by atoms with van der Waals surface area (Å²) in [5, 5.41) is 7.42. The molecule has 1 rings (SSSR count). The van der Waals surface area contributed by atoms with Gasteiger partial charge < -0.3 is 5.32 Å². The summed E-state index contributed by atoms with van der Waals surface area (Å²) in [7, 11) is 1.59. The van der Waals surface area contributed by atoms with Crippen molar-refractivity contribution in [3.05, 3.63) is 21.6 Å². The molecule has 0 bridgehead atoms. The fraction of sp³-hybridized carbons (Fsp3) is 0.692. The van der Waals surface area contributed by atoms with Gasteiger partial charge in [0.15, 0.2) is 0 Å². The van der Waals surface area contributed by atoms with E-state index in [0.717, 1.165) is 6.42 Å². The van der Waals surface area contributed by atoms with Gasteiger partial charge in [-0.15, -0.1) is 0 Å². The first-order chi connectivity index (χ1) is 8.56. The largest absolute Gasteiger partial charge is 0.380 e. The quantitative estimate of drug-likeness (QED) is 0.775. The molecule has 1 N–H and O–H groups in total. The van der Waals surface area contributed by atoms with Crippen molar-refractivity contribution in [3.8, 4) is 0 Å². The zero-order chi connectivity index (χ0) is 13.5. The molecule has 0 radical (unpaired) electrons. The maximum absolute atomic E-state index is 11.6. The molecule has 18 heavy (non-hydrogen) atoms. The van der Waals surface area contributed by atoms with Crippen LogP contribution >= 0.6 is 11.6 Å². The smallest absolute Gasteiger partial charge is 0.287 e. The molecule has 1 atom stereocenters. The highest BCUT2D eigenvalue weighted by molar-refractivity contribution is 6.32. The average molecular weight is 272 g/mol. The second-order valence-corrected chi connectivity index (χ2v) is 5.07. The van der Waals surface area contributed by atoms with E-state index in [2.05, 4.69) is 24.3 Å². The fourth-order valence-corrected chi connectivity index (χ4v) is 2.05. The predicted molar refractivity (Wildman–Crippen MR) is 76.3 cm³/mol. The first kappa shape index (κ1) is 15.0. The lowest BCUT2D eigenvalue weighted by Gasteiger charge is -2.15. The van der Waals surface area contributed by atoms with Crippen LogP contribution in [0, 0.1) is 0 Å². The fourth-order valence-electron chi connectivity index (χ4n) is 1.83. The van der Waals surface area contributed by atoms with E-state index in [1.165, 1.54) is 30.4 Å². The van der Waals surface area contributed by atoms with Crippen LogP contribution in [0.4, 0.5) is 5.69 Å². The highest BCUT2D eigenvalue weighted by Crippen LogP contribution is 2.17. The first-order valence-electron chi connectivity index (χ1n) is 6.54. The Kier molecular flexibility index (Phi) is 6.19. The lowest BCUT2D eigenvalue weighted by atomic mass is 10.1. The molecule has 1 unspecified atom stereocenters. The van der Waals surface area contributed by atoms with Crippen LogP contribution in [0.3, 0.4) is 0 Å². The molecule has 0 aliphatic heterocycles. The molecule has 0 saturated carbocycles. The molecular formula is C13H22ClN3O. The highest BCUT2D eigenvalue weighted by Gasteiger charge is 2.09. The van der Waals surface area contributed by atoms with Gasteiger partial charge in [-0.25, -0.2) is 4.68 Å². The monoisotopic (exact) mass is 271 g/mol. The van der Waals surface area contributed by atoms with Gasteiger partial charge in [-0.1, -0.05) is 44.2 Å². The Morgan fingerprint density at radius 1 is 1.44 bits per heavy atom. The second kappa shape index (κ2) is 7.41. The maximum Gasteiger partial charge on any atom is 0.287 e. The van der Waals surface area contributed by atoms with E-state index >= 15 is 0 Å². The van der Waals surface area contributed by atoms with Crippen molar-refractivity contribution in [2.45, 2.75) is 52.0 Å². The number of aryl methyl sites for hydroxylation is 1. The summed E-state index contributed by atoms with van der Waals surface area (Å²) in [5.41, 5.74) is 0.364. The third-order valence-corrected chi connectivity index (χ3v) is 3.34. The normalized spacial score (nSPS) is 12.4. The molecular weight excluding hydrogens is 250 g/mol.